The Hall–Kier alpha value is -2.93. The minimum Gasteiger partial charge on any atom is -0.334 e. The summed E-state index contributed by atoms with van der Waals surface area (Å²) in [6.07, 6.45) is -2.70. The molecule has 1 aromatic carbocycles. The number of hydrogen-bond donors (Lipinski definition) is 1. The van der Waals surface area contributed by atoms with E-state index in [4.69, 9.17) is 4.52 Å². The van der Waals surface area contributed by atoms with Crippen LogP contribution in [0, 0.1) is 0 Å². The molecule has 1 fully saturated rings. The molecule has 0 aliphatic carbocycles. The predicted octanol–water partition coefficient (Wildman–Crippen LogP) is 3.85. The number of halogens is 3. The third-order valence-corrected chi connectivity index (χ3v) is 7.39. The van der Waals surface area contributed by atoms with Gasteiger partial charge in [-0.1, -0.05) is 5.16 Å². The van der Waals surface area contributed by atoms with Crippen molar-refractivity contribution in [3.05, 3.63) is 47.2 Å². The molecule has 4 rings (SSSR count). The van der Waals surface area contributed by atoms with Crippen LogP contribution in [0.25, 0.3) is 11.4 Å². The van der Waals surface area contributed by atoms with Crippen LogP contribution >= 0.6 is 11.3 Å². The summed E-state index contributed by atoms with van der Waals surface area (Å²) in [6, 6.07) is 4.94. The van der Waals surface area contributed by atoms with Crippen LogP contribution in [-0.2, 0) is 16.2 Å². The fraction of sp³-hybridized carbons (Fsp3) is 0.278. The lowest BCUT2D eigenvalue weighted by atomic mass is 10.2. The summed E-state index contributed by atoms with van der Waals surface area (Å²) < 4.78 is 70.2. The molecular formula is C18H15F3N4O4S2. The van der Waals surface area contributed by atoms with Crippen molar-refractivity contribution >= 4 is 33.0 Å². The molecule has 1 saturated heterocycles. The number of carbonyl (C=O) groups is 1. The molecule has 1 amide bonds. The Balaban J connectivity index is 1.49. The first-order valence-electron chi connectivity index (χ1n) is 9.05. The van der Waals surface area contributed by atoms with E-state index in [9.17, 15) is 26.4 Å². The van der Waals surface area contributed by atoms with E-state index < -0.39 is 21.8 Å². The topological polar surface area (TPSA) is 105 Å². The molecule has 0 spiro atoms. The zero-order valence-corrected chi connectivity index (χ0v) is 17.4. The average Bonchev–Trinajstić information content (AvgIpc) is 3.48. The fourth-order valence-corrected chi connectivity index (χ4v) is 5.21. The van der Waals surface area contributed by atoms with E-state index in [0.29, 0.717) is 18.7 Å². The van der Waals surface area contributed by atoms with Crippen molar-refractivity contribution < 1.29 is 30.9 Å². The van der Waals surface area contributed by atoms with Gasteiger partial charge in [0.1, 0.15) is 4.21 Å². The van der Waals surface area contributed by atoms with Gasteiger partial charge < -0.3 is 9.42 Å². The molecule has 0 bridgehead atoms. The number of amides is 1. The molecule has 0 atom stereocenters. The number of sulfonamides is 1. The zero-order chi connectivity index (χ0) is 22.2. The Morgan fingerprint density at radius 1 is 1.16 bits per heavy atom. The van der Waals surface area contributed by atoms with Gasteiger partial charge in [0.05, 0.1) is 5.56 Å². The normalized spacial score (nSPS) is 14.7. The molecule has 1 aliphatic rings. The van der Waals surface area contributed by atoms with Gasteiger partial charge in [-0.2, -0.15) is 18.2 Å². The Labute approximate surface area is 178 Å². The second kappa shape index (κ2) is 7.96. The first kappa shape index (κ1) is 21.3. The number of nitrogens with one attached hydrogen (secondary N) is 1. The summed E-state index contributed by atoms with van der Waals surface area (Å²) >= 11 is 0.873. The van der Waals surface area contributed by atoms with Crippen LogP contribution in [-0.4, -0.2) is 42.5 Å². The first-order chi connectivity index (χ1) is 14.6. The number of alkyl halides is 3. The van der Waals surface area contributed by atoms with Gasteiger partial charge >= 0.3 is 18.0 Å². The van der Waals surface area contributed by atoms with E-state index in [2.05, 4.69) is 14.9 Å². The van der Waals surface area contributed by atoms with Crippen LogP contribution in [0.15, 0.2) is 44.4 Å². The highest BCUT2D eigenvalue weighted by Crippen LogP contribution is 2.31. The molecule has 0 unspecified atom stereocenters. The lowest BCUT2D eigenvalue weighted by Crippen LogP contribution is -2.27. The van der Waals surface area contributed by atoms with Gasteiger partial charge in [-0.25, -0.2) is 8.42 Å². The van der Waals surface area contributed by atoms with E-state index in [1.54, 1.807) is 4.90 Å². The summed E-state index contributed by atoms with van der Waals surface area (Å²) in [6.45, 7) is 1.24. The van der Waals surface area contributed by atoms with Gasteiger partial charge in [0.25, 0.3) is 10.0 Å². The Morgan fingerprint density at radius 3 is 2.48 bits per heavy atom. The van der Waals surface area contributed by atoms with Crippen LogP contribution in [0.5, 0.6) is 0 Å². The molecule has 164 valence electrons. The first-order valence-corrected chi connectivity index (χ1v) is 11.4. The maximum absolute atomic E-state index is 12.6. The highest BCUT2D eigenvalue weighted by Gasteiger charge is 2.30. The lowest BCUT2D eigenvalue weighted by Gasteiger charge is -2.10. The third-order valence-electron chi connectivity index (χ3n) is 4.57. The van der Waals surface area contributed by atoms with E-state index >= 15 is 0 Å². The molecule has 0 saturated carbocycles. The third kappa shape index (κ3) is 4.56. The van der Waals surface area contributed by atoms with Crippen molar-refractivity contribution in [3.8, 4) is 11.4 Å². The predicted molar refractivity (Wildman–Crippen MR) is 105 cm³/mol. The van der Waals surface area contributed by atoms with Gasteiger partial charge in [-0.05, 0) is 43.2 Å². The highest BCUT2D eigenvalue weighted by molar-refractivity contribution is 7.94. The number of carbonyl (C=O) groups excluding carboxylic acids is 1. The number of hydrogen-bond acceptors (Lipinski definition) is 7. The summed E-state index contributed by atoms with van der Waals surface area (Å²) in [7, 11) is -4.05. The lowest BCUT2D eigenvalue weighted by molar-refractivity contribution is -0.137. The summed E-state index contributed by atoms with van der Waals surface area (Å²) in [5, 5.41) is 5.22. The van der Waals surface area contributed by atoms with Crippen LogP contribution in [0.4, 0.5) is 18.9 Å². The molecule has 2 aromatic heterocycles. The number of aromatic nitrogens is 2. The summed E-state index contributed by atoms with van der Waals surface area (Å²) in [5.41, 5.74) is -0.562. The molecule has 3 aromatic rings. The number of nitrogens with zero attached hydrogens (tertiary/aromatic N) is 3. The van der Waals surface area contributed by atoms with Crippen molar-refractivity contribution in [1.82, 2.24) is 15.0 Å². The minimum absolute atomic E-state index is 0.0130. The van der Waals surface area contributed by atoms with Crippen molar-refractivity contribution in [2.45, 2.75) is 23.2 Å². The number of likely N-dealkylation sites (tertiary alicyclic amines) is 1. The highest BCUT2D eigenvalue weighted by atomic mass is 32.2. The molecule has 8 nitrogen and oxygen atoms in total. The monoisotopic (exact) mass is 472 g/mol. The number of anilines is 1. The number of benzene rings is 1. The maximum atomic E-state index is 12.6. The largest absolute Gasteiger partial charge is 0.416 e. The average molecular weight is 472 g/mol. The van der Waals surface area contributed by atoms with Gasteiger partial charge in [0.2, 0.25) is 5.82 Å². The van der Waals surface area contributed by atoms with Gasteiger partial charge in [0, 0.05) is 29.7 Å². The van der Waals surface area contributed by atoms with Gasteiger partial charge in [0.15, 0.2) is 0 Å². The van der Waals surface area contributed by atoms with E-state index in [-0.39, 0.29) is 27.5 Å². The van der Waals surface area contributed by atoms with Crippen LogP contribution in [0.2, 0.25) is 0 Å². The molecule has 1 aliphatic heterocycles. The van der Waals surface area contributed by atoms with Crippen LogP contribution in [0.3, 0.4) is 0 Å². The zero-order valence-electron chi connectivity index (χ0n) is 15.7. The minimum atomic E-state index is -4.51. The standard InChI is InChI=1S/C18H15F3N4O4S2/c19-18(20,21)12-3-5-13(6-4-12)24-31(27,28)14-9-11(10-30-14)15-22-16(29-23-15)17(26)25-7-1-2-8-25/h3-6,9-10,24H,1-2,7-8H2. The fourth-order valence-electron chi connectivity index (χ4n) is 2.99. The second-order valence-electron chi connectivity index (χ2n) is 6.76. The van der Waals surface area contributed by atoms with Gasteiger partial charge in [-0.15, -0.1) is 11.3 Å². The van der Waals surface area contributed by atoms with Crippen molar-refractivity contribution in [1.29, 1.82) is 0 Å². The van der Waals surface area contributed by atoms with Crippen LogP contribution in [0.1, 0.15) is 29.1 Å². The van der Waals surface area contributed by atoms with E-state index in [1.165, 1.54) is 11.4 Å². The maximum Gasteiger partial charge on any atom is 0.416 e. The SMILES string of the molecule is O=C(c1nc(-c2csc(S(=O)(=O)Nc3ccc(C(F)(F)F)cc3)c2)no1)N1CCCC1. The molecule has 13 heteroatoms. The van der Waals surface area contributed by atoms with Gasteiger partial charge in [-0.3, -0.25) is 9.52 Å². The quantitative estimate of drug-likeness (QED) is 0.605. The summed E-state index contributed by atoms with van der Waals surface area (Å²) in [4.78, 5) is 18.0. The summed E-state index contributed by atoms with van der Waals surface area (Å²) in [5.74, 6) is -0.478. The van der Waals surface area contributed by atoms with E-state index in [1.807, 2.05) is 0 Å². The Morgan fingerprint density at radius 2 is 1.84 bits per heavy atom. The molecular weight excluding hydrogens is 457 g/mol. The van der Waals surface area contributed by atoms with Crippen molar-refractivity contribution in [2.75, 3.05) is 17.8 Å². The van der Waals surface area contributed by atoms with Crippen molar-refractivity contribution in [2.24, 2.45) is 0 Å². The van der Waals surface area contributed by atoms with Crippen LogP contribution < -0.4 is 4.72 Å². The van der Waals surface area contributed by atoms with Crippen molar-refractivity contribution in [3.63, 3.8) is 0 Å². The number of thiophene rings is 1. The van der Waals surface area contributed by atoms with E-state index in [0.717, 1.165) is 48.4 Å². The molecule has 1 N–H and O–H groups in total. The smallest absolute Gasteiger partial charge is 0.334 e. The number of rotatable bonds is 5. The molecule has 31 heavy (non-hydrogen) atoms. The molecule has 3 heterocycles. The Kier molecular flexibility index (Phi) is 5.47. The Bertz CT molecular complexity index is 1200. The molecule has 0 radical (unpaired) electrons. The second-order valence-corrected chi connectivity index (χ2v) is 9.58.